The first-order chi connectivity index (χ1) is 11.3. The minimum atomic E-state index is -3.37. The summed E-state index contributed by atoms with van der Waals surface area (Å²) in [6.45, 7) is 5.69. The van der Waals surface area contributed by atoms with Crippen molar-refractivity contribution >= 4 is 18.9 Å². The van der Waals surface area contributed by atoms with E-state index in [4.69, 9.17) is 0 Å². The SMILES string of the molecule is CCCCC(F)(F)C(=O)CP(C)(=O)OC.CCCCC(F)(F)C(C)=O. The number of carbonyl (C=O) groups excluding carboxylic acids is 2. The molecule has 0 aromatic heterocycles. The average Bonchev–Trinajstić information content (AvgIpc) is 2.51. The van der Waals surface area contributed by atoms with Gasteiger partial charge in [-0.05, 0) is 12.8 Å². The summed E-state index contributed by atoms with van der Waals surface area (Å²) in [5, 5.41) is 0. The van der Waals surface area contributed by atoms with Crippen LogP contribution in [0.25, 0.3) is 0 Å². The van der Waals surface area contributed by atoms with Crippen molar-refractivity contribution in [2.24, 2.45) is 0 Å². The van der Waals surface area contributed by atoms with Gasteiger partial charge in [-0.1, -0.05) is 26.7 Å². The molecule has 0 aliphatic rings. The summed E-state index contributed by atoms with van der Waals surface area (Å²) in [6, 6.07) is 0. The number of hydrogen-bond donors (Lipinski definition) is 0. The number of alkyl halides is 4. The number of carbonyl (C=O) groups is 2. The van der Waals surface area contributed by atoms with Crippen LogP contribution in [0.15, 0.2) is 0 Å². The number of hydrogen-bond acceptors (Lipinski definition) is 4. The molecule has 0 amide bonds. The van der Waals surface area contributed by atoms with Gasteiger partial charge < -0.3 is 4.52 Å². The van der Waals surface area contributed by atoms with E-state index in [1.54, 1.807) is 6.92 Å². The summed E-state index contributed by atoms with van der Waals surface area (Å²) >= 11 is 0. The third kappa shape index (κ3) is 12.3. The monoisotopic (exact) mass is 392 g/mol. The van der Waals surface area contributed by atoms with Crippen molar-refractivity contribution in [3.05, 3.63) is 0 Å². The van der Waals surface area contributed by atoms with Gasteiger partial charge in [-0.2, -0.15) is 17.6 Å². The second kappa shape index (κ2) is 11.8. The molecule has 0 saturated heterocycles. The van der Waals surface area contributed by atoms with Gasteiger partial charge in [0.25, 0.3) is 0 Å². The molecule has 0 rings (SSSR count). The van der Waals surface area contributed by atoms with Crippen LogP contribution in [0.2, 0.25) is 0 Å². The molecule has 150 valence electrons. The van der Waals surface area contributed by atoms with Gasteiger partial charge in [0.05, 0.1) is 6.16 Å². The molecular weight excluding hydrogens is 363 g/mol. The highest BCUT2D eigenvalue weighted by molar-refractivity contribution is 7.59. The fourth-order valence-corrected chi connectivity index (χ4v) is 2.44. The van der Waals surface area contributed by atoms with Crippen LogP contribution in [0, 0.1) is 0 Å². The van der Waals surface area contributed by atoms with Crippen LogP contribution in [0.4, 0.5) is 17.6 Å². The van der Waals surface area contributed by atoms with Gasteiger partial charge in [0.15, 0.2) is 5.78 Å². The lowest BCUT2D eigenvalue weighted by atomic mass is 10.1. The van der Waals surface area contributed by atoms with Gasteiger partial charge in [0.1, 0.15) is 0 Å². The van der Waals surface area contributed by atoms with E-state index >= 15 is 0 Å². The summed E-state index contributed by atoms with van der Waals surface area (Å²) in [7, 11) is -2.04. The summed E-state index contributed by atoms with van der Waals surface area (Å²) in [5.41, 5.74) is 0. The molecule has 0 radical (unpaired) electrons. The molecule has 0 heterocycles. The zero-order chi connectivity index (χ0) is 20.3. The summed E-state index contributed by atoms with van der Waals surface area (Å²) in [4.78, 5) is 21.4. The van der Waals surface area contributed by atoms with Crippen LogP contribution in [0.1, 0.15) is 59.3 Å². The van der Waals surface area contributed by atoms with Crippen LogP contribution in [-0.4, -0.2) is 43.3 Å². The van der Waals surface area contributed by atoms with Gasteiger partial charge in [-0.3, -0.25) is 14.2 Å². The Morgan fingerprint density at radius 1 is 0.960 bits per heavy atom. The first kappa shape index (κ1) is 26.5. The highest BCUT2D eigenvalue weighted by Gasteiger charge is 2.40. The van der Waals surface area contributed by atoms with E-state index in [0.717, 1.165) is 14.0 Å². The molecule has 1 atom stereocenters. The predicted molar refractivity (Wildman–Crippen MR) is 90.0 cm³/mol. The maximum atomic E-state index is 13.1. The second-order valence-electron chi connectivity index (χ2n) is 5.95. The number of unbranched alkanes of at least 4 members (excludes halogenated alkanes) is 2. The molecule has 0 aliphatic carbocycles. The Morgan fingerprint density at radius 3 is 1.68 bits per heavy atom. The largest absolute Gasteiger partial charge is 0.332 e. The first-order valence-corrected chi connectivity index (χ1v) is 10.4. The maximum absolute atomic E-state index is 13.1. The highest BCUT2D eigenvalue weighted by atomic mass is 31.2. The zero-order valence-corrected chi connectivity index (χ0v) is 16.4. The molecule has 0 fully saturated rings. The Labute approximate surface area is 147 Å². The smallest absolute Gasteiger partial charge is 0.305 e. The van der Waals surface area contributed by atoms with Gasteiger partial charge >= 0.3 is 11.8 Å². The molecule has 9 heteroatoms. The lowest BCUT2D eigenvalue weighted by molar-refractivity contribution is -0.141. The zero-order valence-electron chi connectivity index (χ0n) is 15.5. The number of rotatable bonds is 11. The third-order valence-corrected chi connectivity index (χ3v) is 5.06. The van der Waals surface area contributed by atoms with Gasteiger partial charge in [0, 0.05) is 33.5 Å². The Hall–Kier alpha value is -0.750. The van der Waals surface area contributed by atoms with Gasteiger partial charge in [-0.25, -0.2) is 0 Å². The van der Waals surface area contributed by atoms with Crippen molar-refractivity contribution in [2.75, 3.05) is 19.9 Å². The first-order valence-electron chi connectivity index (χ1n) is 8.18. The molecule has 0 aliphatic heterocycles. The van der Waals surface area contributed by atoms with E-state index in [1.807, 2.05) is 6.92 Å². The molecule has 0 bridgehead atoms. The number of ketones is 2. The second-order valence-corrected chi connectivity index (χ2v) is 8.66. The van der Waals surface area contributed by atoms with Crippen LogP contribution in [-0.2, 0) is 18.7 Å². The standard InChI is InChI=1S/C9H17F2O3P.C7H12F2O/c1-4-5-6-9(10,11)8(12)7-15(3,13)14-2;1-3-4-5-7(8,9)6(2)10/h4-7H2,1-3H3;3-5H2,1-2H3. The summed E-state index contributed by atoms with van der Waals surface area (Å²) in [6.07, 6.45) is 0.497. The molecule has 4 nitrogen and oxygen atoms in total. The fraction of sp³-hybridized carbons (Fsp3) is 0.875. The van der Waals surface area contributed by atoms with E-state index in [-0.39, 0.29) is 12.8 Å². The average molecular weight is 392 g/mol. The third-order valence-electron chi connectivity index (χ3n) is 3.43. The number of halogens is 4. The fourth-order valence-electron chi connectivity index (χ4n) is 1.55. The molecule has 0 saturated carbocycles. The highest BCUT2D eigenvalue weighted by Crippen LogP contribution is 2.43. The van der Waals surface area contributed by atoms with E-state index in [2.05, 4.69) is 4.52 Å². The van der Waals surface area contributed by atoms with Crippen molar-refractivity contribution in [3.8, 4) is 0 Å². The van der Waals surface area contributed by atoms with Crippen molar-refractivity contribution < 1.29 is 36.2 Å². The molecule has 0 N–H and O–H groups in total. The van der Waals surface area contributed by atoms with E-state index in [1.165, 1.54) is 6.66 Å². The van der Waals surface area contributed by atoms with Crippen LogP contribution in [0.5, 0.6) is 0 Å². The van der Waals surface area contributed by atoms with Crippen LogP contribution in [0.3, 0.4) is 0 Å². The summed E-state index contributed by atoms with van der Waals surface area (Å²) < 4.78 is 66.9. The Bertz CT molecular complexity index is 467. The van der Waals surface area contributed by atoms with Crippen molar-refractivity contribution in [2.45, 2.75) is 71.1 Å². The molecule has 25 heavy (non-hydrogen) atoms. The van der Waals surface area contributed by atoms with Crippen LogP contribution < -0.4 is 0 Å². The van der Waals surface area contributed by atoms with E-state index < -0.39 is 43.4 Å². The Balaban J connectivity index is 0. The normalized spacial score (nSPS) is 14.3. The Kier molecular flexibility index (Phi) is 12.5. The lowest BCUT2D eigenvalue weighted by Gasteiger charge is -2.16. The lowest BCUT2D eigenvalue weighted by Crippen LogP contribution is -2.31. The van der Waals surface area contributed by atoms with Gasteiger partial charge in [-0.15, -0.1) is 0 Å². The summed E-state index contributed by atoms with van der Waals surface area (Å²) in [5.74, 6) is -8.78. The molecule has 0 spiro atoms. The minimum absolute atomic E-state index is 0.278. The van der Waals surface area contributed by atoms with Crippen molar-refractivity contribution in [1.82, 2.24) is 0 Å². The van der Waals surface area contributed by atoms with Crippen molar-refractivity contribution in [3.63, 3.8) is 0 Å². The topological polar surface area (TPSA) is 60.4 Å². The molecule has 0 aromatic rings. The van der Waals surface area contributed by atoms with Crippen LogP contribution >= 0.6 is 7.37 Å². The van der Waals surface area contributed by atoms with Crippen molar-refractivity contribution in [1.29, 1.82) is 0 Å². The Morgan fingerprint density at radius 2 is 1.36 bits per heavy atom. The van der Waals surface area contributed by atoms with Gasteiger partial charge in [0.2, 0.25) is 13.2 Å². The minimum Gasteiger partial charge on any atom is -0.332 e. The van der Waals surface area contributed by atoms with E-state index in [9.17, 15) is 31.7 Å². The quantitative estimate of drug-likeness (QED) is 0.352. The van der Waals surface area contributed by atoms with E-state index in [0.29, 0.717) is 19.3 Å². The number of Topliss-reactive ketones (excluding diaryl/α,β-unsaturated/α-hetero) is 2. The molecule has 0 aromatic carbocycles. The predicted octanol–water partition coefficient (Wildman–Crippen LogP) is 5.34. The maximum Gasteiger partial charge on any atom is 0.305 e. The molecular formula is C16H29F4O4P. The molecule has 1 unspecified atom stereocenters.